The van der Waals surface area contributed by atoms with Crippen LogP contribution in [-0.4, -0.2) is 0 Å². The summed E-state index contributed by atoms with van der Waals surface area (Å²) < 4.78 is 0. The van der Waals surface area contributed by atoms with Gasteiger partial charge in [0.2, 0.25) is 0 Å². The summed E-state index contributed by atoms with van der Waals surface area (Å²) in [5.41, 5.74) is 5.60. The molecule has 42 heavy (non-hydrogen) atoms. The lowest BCUT2D eigenvalue weighted by molar-refractivity contribution is 1.50. The number of nitriles is 2. The van der Waals surface area contributed by atoms with Crippen LogP contribution >= 0.6 is 0 Å². The van der Waals surface area contributed by atoms with Gasteiger partial charge in [0, 0.05) is 21.5 Å². The summed E-state index contributed by atoms with van der Waals surface area (Å²) in [6.45, 7) is 0. The Bertz CT molecular complexity index is 2130. The van der Waals surface area contributed by atoms with Crippen LogP contribution in [0.2, 0.25) is 0 Å². The Morgan fingerprint density at radius 2 is 0.738 bits per heavy atom. The number of benzene rings is 7. The Morgan fingerprint density at radius 1 is 0.357 bits per heavy atom. The predicted molar refractivity (Wildman–Crippen MR) is 177 cm³/mol. The summed E-state index contributed by atoms with van der Waals surface area (Å²) in [4.78, 5) is 0. The first-order chi connectivity index (χ1) is 20.7. The molecule has 0 unspecified atom stereocenters. The maximum absolute atomic E-state index is 10.5. The lowest BCUT2D eigenvalue weighted by atomic mass is 9.85. The fourth-order valence-corrected chi connectivity index (χ4v) is 5.94. The first kappa shape index (κ1) is 25.0. The molecule has 0 aliphatic heterocycles. The van der Waals surface area contributed by atoms with Crippen molar-refractivity contribution in [3.63, 3.8) is 0 Å². The van der Waals surface area contributed by atoms with Gasteiger partial charge < -0.3 is 0 Å². The molecule has 0 saturated carbocycles. The molecular weight excluding hydrogens is 508 g/mol. The SMILES string of the molecule is N#Cc1c2ccccc2c(C#N)c2c3ccc(/C=C/c4ccccc4)cc3c3cc(/C=C/c4ccccc4)ccc3c12. The smallest absolute Gasteiger partial charge is 0.100 e. The first-order valence-electron chi connectivity index (χ1n) is 13.9. The summed E-state index contributed by atoms with van der Waals surface area (Å²) in [5, 5.41) is 28.3. The molecule has 0 aliphatic rings. The van der Waals surface area contributed by atoms with Gasteiger partial charge in [0.05, 0.1) is 11.1 Å². The number of hydrogen-bond acceptors (Lipinski definition) is 2. The molecule has 0 amide bonds. The topological polar surface area (TPSA) is 47.6 Å². The van der Waals surface area contributed by atoms with E-state index in [1.807, 2.05) is 60.7 Å². The van der Waals surface area contributed by atoms with E-state index in [9.17, 15) is 10.5 Å². The van der Waals surface area contributed by atoms with Crippen LogP contribution < -0.4 is 0 Å². The molecule has 194 valence electrons. The molecule has 2 heteroatoms. The molecule has 0 radical (unpaired) electrons. The van der Waals surface area contributed by atoms with E-state index >= 15 is 0 Å². The second-order valence-corrected chi connectivity index (χ2v) is 10.4. The number of fused-ring (bicyclic) bond motifs is 7. The van der Waals surface area contributed by atoms with Crippen molar-refractivity contribution in [2.45, 2.75) is 0 Å². The van der Waals surface area contributed by atoms with Crippen molar-refractivity contribution in [2.24, 2.45) is 0 Å². The maximum atomic E-state index is 10.5. The largest absolute Gasteiger partial charge is 0.192 e. The highest BCUT2D eigenvalue weighted by Crippen LogP contribution is 2.43. The minimum absolute atomic E-state index is 0.604. The zero-order chi connectivity index (χ0) is 28.5. The fourth-order valence-electron chi connectivity index (χ4n) is 5.94. The zero-order valence-corrected chi connectivity index (χ0v) is 22.8. The molecule has 0 atom stereocenters. The maximum Gasteiger partial charge on any atom is 0.100 e. The lowest BCUT2D eigenvalue weighted by Crippen LogP contribution is -1.94. The van der Waals surface area contributed by atoms with Crippen LogP contribution in [0.1, 0.15) is 33.4 Å². The molecule has 0 bridgehead atoms. The van der Waals surface area contributed by atoms with E-state index in [0.717, 1.165) is 65.3 Å². The third-order valence-electron chi connectivity index (χ3n) is 7.89. The monoisotopic (exact) mass is 532 g/mol. The average molecular weight is 533 g/mol. The van der Waals surface area contributed by atoms with E-state index in [-0.39, 0.29) is 0 Å². The Morgan fingerprint density at radius 3 is 1.14 bits per heavy atom. The number of nitrogens with zero attached hydrogens (tertiary/aromatic N) is 2. The van der Waals surface area contributed by atoms with E-state index in [4.69, 9.17) is 0 Å². The standard InChI is InChI=1S/C40H24N2/c41-25-37-31-13-7-8-14-32(31)38(26-42)40-34-22-20-30(18-16-28-11-5-2-6-12-28)24-36(34)35-23-29(19-21-33(35)39(37)40)17-15-27-9-3-1-4-10-27/h1-24H/b17-15+,18-16+. The highest BCUT2D eigenvalue weighted by molar-refractivity contribution is 6.31. The van der Waals surface area contributed by atoms with Crippen molar-refractivity contribution < 1.29 is 0 Å². The third-order valence-corrected chi connectivity index (χ3v) is 7.89. The minimum atomic E-state index is 0.604. The molecular formula is C40H24N2. The van der Waals surface area contributed by atoms with Gasteiger partial charge in [0.15, 0.2) is 0 Å². The van der Waals surface area contributed by atoms with E-state index in [1.54, 1.807) is 0 Å². The Kier molecular flexibility index (Phi) is 6.29. The second-order valence-electron chi connectivity index (χ2n) is 10.4. The van der Waals surface area contributed by atoms with Crippen molar-refractivity contribution in [1.29, 1.82) is 10.5 Å². The van der Waals surface area contributed by atoms with Gasteiger partial charge in [-0.05, 0) is 55.9 Å². The van der Waals surface area contributed by atoms with E-state index < -0.39 is 0 Å². The Labute approximate surface area is 244 Å². The molecule has 0 spiro atoms. The quantitative estimate of drug-likeness (QED) is 0.129. The molecule has 7 aromatic carbocycles. The summed E-state index contributed by atoms with van der Waals surface area (Å²) >= 11 is 0. The van der Waals surface area contributed by atoms with Gasteiger partial charge >= 0.3 is 0 Å². The number of rotatable bonds is 4. The minimum Gasteiger partial charge on any atom is -0.192 e. The van der Waals surface area contributed by atoms with Gasteiger partial charge in [-0.15, -0.1) is 0 Å². The van der Waals surface area contributed by atoms with E-state index in [2.05, 4.69) is 97.1 Å². The van der Waals surface area contributed by atoms with Crippen LogP contribution in [0.3, 0.4) is 0 Å². The van der Waals surface area contributed by atoms with Crippen molar-refractivity contribution >= 4 is 67.4 Å². The fraction of sp³-hybridized carbons (Fsp3) is 0. The highest BCUT2D eigenvalue weighted by Gasteiger charge is 2.19. The molecule has 0 aliphatic carbocycles. The predicted octanol–water partition coefficient (Wildman–Crippen LogP) is 10.4. The van der Waals surface area contributed by atoms with Gasteiger partial charge in [-0.2, -0.15) is 10.5 Å². The average Bonchev–Trinajstić information content (AvgIpc) is 3.06. The first-order valence-corrected chi connectivity index (χ1v) is 13.9. The molecule has 0 saturated heterocycles. The summed E-state index contributed by atoms with van der Waals surface area (Å²) in [7, 11) is 0. The highest BCUT2D eigenvalue weighted by atomic mass is 14.3. The third kappa shape index (κ3) is 4.29. The summed E-state index contributed by atoms with van der Waals surface area (Å²) in [6.07, 6.45) is 8.47. The zero-order valence-electron chi connectivity index (χ0n) is 22.8. The second kappa shape index (κ2) is 10.5. The molecule has 7 rings (SSSR count). The van der Waals surface area contributed by atoms with Crippen LogP contribution in [0.4, 0.5) is 0 Å². The Hall–Kier alpha value is -5.96. The van der Waals surface area contributed by atoms with Crippen LogP contribution in [0.15, 0.2) is 121 Å². The normalized spacial score (nSPS) is 11.6. The summed E-state index contributed by atoms with van der Waals surface area (Å²) in [5.74, 6) is 0. The molecule has 2 nitrogen and oxygen atoms in total. The van der Waals surface area contributed by atoms with Gasteiger partial charge in [0.25, 0.3) is 0 Å². The molecule has 0 N–H and O–H groups in total. The van der Waals surface area contributed by atoms with Crippen LogP contribution in [-0.2, 0) is 0 Å². The van der Waals surface area contributed by atoms with Gasteiger partial charge in [-0.3, -0.25) is 0 Å². The van der Waals surface area contributed by atoms with Crippen molar-refractivity contribution in [2.75, 3.05) is 0 Å². The Balaban J connectivity index is 1.57. The van der Waals surface area contributed by atoms with Gasteiger partial charge in [0.1, 0.15) is 12.1 Å². The van der Waals surface area contributed by atoms with Crippen LogP contribution in [0.5, 0.6) is 0 Å². The lowest BCUT2D eigenvalue weighted by Gasteiger charge is -2.16. The molecule has 0 aromatic heterocycles. The molecule has 0 fully saturated rings. The van der Waals surface area contributed by atoms with Gasteiger partial charge in [-0.1, -0.05) is 133 Å². The van der Waals surface area contributed by atoms with E-state index in [0.29, 0.717) is 11.1 Å². The summed E-state index contributed by atoms with van der Waals surface area (Å²) in [6, 6.07) is 46.0. The molecule has 0 heterocycles. The van der Waals surface area contributed by atoms with Crippen LogP contribution in [0.25, 0.3) is 67.4 Å². The number of hydrogen-bond donors (Lipinski definition) is 0. The van der Waals surface area contributed by atoms with E-state index in [1.165, 1.54) is 0 Å². The van der Waals surface area contributed by atoms with Crippen LogP contribution in [0, 0.1) is 22.7 Å². The van der Waals surface area contributed by atoms with Crippen molar-refractivity contribution in [3.05, 3.63) is 155 Å². The van der Waals surface area contributed by atoms with Crippen molar-refractivity contribution in [1.82, 2.24) is 0 Å². The van der Waals surface area contributed by atoms with Crippen molar-refractivity contribution in [3.8, 4) is 12.1 Å². The molecule has 7 aromatic rings. The van der Waals surface area contributed by atoms with Gasteiger partial charge in [-0.25, -0.2) is 0 Å².